The van der Waals surface area contributed by atoms with Crippen LogP contribution in [0.5, 0.6) is 0 Å². The van der Waals surface area contributed by atoms with Crippen LogP contribution < -0.4 is 0 Å². The molecular formula is C14H15Cl. The van der Waals surface area contributed by atoms with Gasteiger partial charge in [0.2, 0.25) is 0 Å². The Labute approximate surface area is 96.3 Å². The van der Waals surface area contributed by atoms with E-state index in [9.17, 15) is 0 Å². The maximum absolute atomic E-state index is 5.91. The van der Waals surface area contributed by atoms with Crippen molar-refractivity contribution in [1.29, 1.82) is 0 Å². The van der Waals surface area contributed by atoms with Gasteiger partial charge < -0.3 is 0 Å². The van der Waals surface area contributed by atoms with E-state index < -0.39 is 0 Å². The van der Waals surface area contributed by atoms with Gasteiger partial charge in [-0.1, -0.05) is 55.0 Å². The molecule has 15 heavy (non-hydrogen) atoms. The Kier molecular flexibility index (Phi) is 2.97. The summed E-state index contributed by atoms with van der Waals surface area (Å²) < 4.78 is 0. The van der Waals surface area contributed by atoms with Gasteiger partial charge in [-0.15, -0.1) is 0 Å². The van der Waals surface area contributed by atoms with Crippen LogP contribution in [-0.4, -0.2) is 0 Å². The second-order valence-electron chi connectivity index (χ2n) is 4.01. The number of rotatable bonds is 2. The summed E-state index contributed by atoms with van der Waals surface area (Å²) in [6.45, 7) is 2.23. The van der Waals surface area contributed by atoms with Gasteiger partial charge in [0.1, 0.15) is 0 Å². The standard InChI is InChI=1S/C14H15Cl/c1-2-14(10-4-3-5-11-14)12-6-8-13(15)9-7-12/h3-10H,2,11H2,1H3. The predicted octanol–water partition coefficient (Wildman–Crippen LogP) is 4.50. The highest BCUT2D eigenvalue weighted by Gasteiger charge is 2.26. The quantitative estimate of drug-likeness (QED) is 0.686. The number of halogens is 1. The van der Waals surface area contributed by atoms with Crippen LogP contribution in [0.3, 0.4) is 0 Å². The van der Waals surface area contributed by atoms with E-state index in [1.807, 2.05) is 12.1 Å². The molecule has 0 fully saturated rings. The molecule has 1 atom stereocenters. The van der Waals surface area contributed by atoms with Crippen LogP contribution >= 0.6 is 11.6 Å². The number of hydrogen-bond donors (Lipinski definition) is 0. The summed E-state index contributed by atoms with van der Waals surface area (Å²) in [6, 6.07) is 8.21. The Balaban J connectivity index is 2.38. The van der Waals surface area contributed by atoms with Crippen LogP contribution in [0.4, 0.5) is 0 Å². The normalized spacial score (nSPS) is 24.4. The van der Waals surface area contributed by atoms with Gasteiger partial charge in [-0.05, 0) is 30.5 Å². The molecule has 0 amide bonds. The molecule has 1 aromatic carbocycles. The molecule has 0 saturated carbocycles. The van der Waals surface area contributed by atoms with Gasteiger partial charge >= 0.3 is 0 Å². The smallest absolute Gasteiger partial charge is 0.0406 e. The van der Waals surface area contributed by atoms with Gasteiger partial charge in [0, 0.05) is 10.4 Å². The van der Waals surface area contributed by atoms with Gasteiger partial charge in [-0.3, -0.25) is 0 Å². The number of allylic oxidation sites excluding steroid dienone is 4. The first-order valence-corrected chi connectivity index (χ1v) is 5.75. The molecule has 0 spiro atoms. The topological polar surface area (TPSA) is 0 Å². The van der Waals surface area contributed by atoms with Crippen molar-refractivity contribution in [2.75, 3.05) is 0 Å². The molecule has 0 aliphatic heterocycles. The van der Waals surface area contributed by atoms with Crippen molar-refractivity contribution < 1.29 is 0 Å². The molecule has 1 aliphatic carbocycles. The average Bonchev–Trinajstić information content (AvgIpc) is 2.31. The summed E-state index contributed by atoms with van der Waals surface area (Å²) in [5.41, 5.74) is 1.54. The number of benzene rings is 1. The molecule has 1 unspecified atom stereocenters. The summed E-state index contributed by atoms with van der Waals surface area (Å²) in [6.07, 6.45) is 11.0. The van der Waals surface area contributed by atoms with E-state index in [0.29, 0.717) is 0 Å². The van der Waals surface area contributed by atoms with E-state index in [0.717, 1.165) is 17.9 Å². The van der Waals surface area contributed by atoms with E-state index in [4.69, 9.17) is 11.6 Å². The highest BCUT2D eigenvalue weighted by atomic mass is 35.5. The lowest BCUT2D eigenvalue weighted by Crippen LogP contribution is -2.22. The van der Waals surface area contributed by atoms with E-state index in [1.165, 1.54) is 5.56 Å². The van der Waals surface area contributed by atoms with Crippen LogP contribution in [0.25, 0.3) is 0 Å². The van der Waals surface area contributed by atoms with Gasteiger partial charge in [0.15, 0.2) is 0 Å². The fourth-order valence-corrected chi connectivity index (χ4v) is 2.25. The SMILES string of the molecule is CCC1(c2ccc(Cl)cc2)C=CC=CC1. The molecule has 1 heteroatoms. The molecule has 0 N–H and O–H groups in total. The minimum Gasteiger partial charge on any atom is -0.0843 e. The first-order chi connectivity index (χ1) is 7.27. The molecule has 78 valence electrons. The largest absolute Gasteiger partial charge is 0.0843 e. The van der Waals surface area contributed by atoms with Crippen LogP contribution in [0.2, 0.25) is 5.02 Å². The molecule has 0 aromatic heterocycles. The Morgan fingerprint density at radius 3 is 2.47 bits per heavy atom. The zero-order chi connectivity index (χ0) is 10.7. The van der Waals surface area contributed by atoms with Crippen molar-refractivity contribution in [2.45, 2.75) is 25.2 Å². The van der Waals surface area contributed by atoms with Gasteiger partial charge in [-0.25, -0.2) is 0 Å². The third-order valence-electron chi connectivity index (χ3n) is 3.19. The fraction of sp³-hybridized carbons (Fsp3) is 0.286. The van der Waals surface area contributed by atoms with Crippen molar-refractivity contribution >= 4 is 11.6 Å². The molecule has 0 radical (unpaired) electrons. The third-order valence-corrected chi connectivity index (χ3v) is 3.45. The lowest BCUT2D eigenvalue weighted by atomic mass is 9.73. The molecule has 0 saturated heterocycles. The Morgan fingerprint density at radius 1 is 1.20 bits per heavy atom. The molecule has 0 nitrogen and oxygen atoms in total. The fourth-order valence-electron chi connectivity index (χ4n) is 2.13. The van der Waals surface area contributed by atoms with Gasteiger partial charge in [0.25, 0.3) is 0 Å². The molecule has 1 aliphatic rings. The summed E-state index contributed by atoms with van der Waals surface area (Å²) in [4.78, 5) is 0. The maximum Gasteiger partial charge on any atom is 0.0406 e. The molecule has 0 bridgehead atoms. The summed E-state index contributed by atoms with van der Waals surface area (Å²) in [5.74, 6) is 0. The molecule has 1 aromatic rings. The van der Waals surface area contributed by atoms with Crippen LogP contribution in [0.15, 0.2) is 48.6 Å². The summed E-state index contributed by atoms with van der Waals surface area (Å²) in [7, 11) is 0. The Bertz CT molecular complexity index is 386. The minimum absolute atomic E-state index is 0.180. The van der Waals surface area contributed by atoms with Gasteiger partial charge in [-0.2, -0.15) is 0 Å². The van der Waals surface area contributed by atoms with Crippen molar-refractivity contribution in [3.8, 4) is 0 Å². The first-order valence-electron chi connectivity index (χ1n) is 5.37. The summed E-state index contributed by atoms with van der Waals surface area (Å²) >= 11 is 5.91. The monoisotopic (exact) mass is 218 g/mol. The minimum atomic E-state index is 0.180. The highest BCUT2D eigenvalue weighted by Crippen LogP contribution is 2.36. The van der Waals surface area contributed by atoms with Crippen LogP contribution in [-0.2, 0) is 5.41 Å². The zero-order valence-corrected chi connectivity index (χ0v) is 9.67. The van der Waals surface area contributed by atoms with Crippen molar-refractivity contribution in [3.63, 3.8) is 0 Å². The Morgan fingerprint density at radius 2 is 1.93 bits per heavy atom. The third kappa shape index (κ3) is 2.00. The maximum atomic E-state index is 5.91. The lowest BCUT2D eigenvalue weighted by Gasteiger charge is -2.30. The van der Waals surface area contributed by atoms with Crippen molar-refractivity contribution in [1.82, 2.24) is 0 Å². The predicted molar refractivity (Wildman–Crippen MR) is 66.3 cm³/mol. The molecule has 0 heterocycles. The first kappa shape index (κ1) is 10.5. The lowest BCUT2D eigenvalue weighted by molar-refractivity contribution is 0.518. The van der Waals surface area contributed by atoms with Crippen molar-refractivity contribution in [2.24, 2.45) is 0 Å². The number of hydrogen-bond acceptors (Lipinski definition) is 0. The molecular weight excluding hydrogens is 204 g/mol. The van der Waals surface area contributed by atoms with E-state index in [-0.39, 0.29) is 5.41 Å². The van der Waals surface area contributed by atoms with Crippen molar-refractivity contribution in [3.05, 3.63) is 59.2 Å². The van der Waals surface area contributed by atoms with E-state index in [2.05, 4.69) is 43.4 Å². The van der Waals surface area contributed by atoms with Gasteiger partial charge in [0.05, 0.1) is 0 Å². The van der Waals surface area contributed by atoms with E-state index >= 15 is 0 Å². The average molecular weight is 219 g/mol. The second-order valence-corrected chi connectivity index (χ2v) is 4.44. The Hall–Kier alpha value is -1.01. The van der Waals surface area contributed by atoms with Crippen LogP contribution in [0.1, 0.15) is 25.3 Å². The van der Waals surface area contributed by atoms with E-state index in [1.54, 1.807) is 0 Å². The highest BCUT2D eigenvalue weighted by molar-refractivity contribution is 6.30. The zero-order valence-electron chi connectivity index (χ0n) is 8.91. The molecule has 2 rings (SSSR count). The second kappa shape index (κ2) is 4.24. The van der Waals surface area contributed by atoms with Crippen LogP contribution in [0, 0.1) is 0 Å². The summed E-state index contributed by atoms with van der Waals surface area (Å²) in [5, 5.41) is 0.806.